The number of esters is 1. The largest absolute Gasteiger partial charge is 0.469 e. The van der Waals surface area contributed by atoms with Crippen molar-refractivity contribution in [1.29, 1.82) is 0 Å². The number of carbonyl (C=O) groups is 2. The molecule has 0 fully saturated rings. The minimum Gasteiger partial charge on any atom is -0.469 e. The molecule has 0 heterocycles. The first kappa shape index (κ1) is 17.5. The SMILES string of the molecule is COC(=O)C(CNC(=O)Nc1ccccc1)Cc1cccc(C)c1. The predicted molar refractivity (Wildman–Crippen MR) is 93.9 cm³/mol. The van der Waals surface area contributed by atoms with Gasteiger partial charge < -0.3 is 15.4 Å². The summed E-state index contributed by atoms with van der Waals surface area (Å²) in [5, 5.41) is 5.46. The molecule has 0 spiro atoms. The van der Waals surface area contributed by atoms with Crippen LogP contribution >= 0.6 is 0 Å². The number of hydrogen-bond donors (Lipinski definition) is 2. The van der Waals surface area contributed by atoms with E-state index in [4.69, 9.17) is 4.74 Å². The first-order valence-electron chi connectivity index (χ1n) is 7.81. The van der Waals surface area contributed by atoms with Gasteiger partial charge in [0.05, 0.1) is 13.0 Å². The summed E-state index contributed by atoms with van der Waals surface area (Å²) in [6.45, 7) is 2.21. The average molecular weight is 326 g/mol. The zero-order valence-corrected chi connectivity index (χ0v) is 13.9. The van der Waals surface area contributed by atoms with Crippen LogP contribution in [0.1, 0.15) is 11.1 Å². The maximum absolute atomic E-state index is 12.0. The van der Waals surface area contributed by atoms with Crippen LogP contribution in [-0.2, 0) is 16.0 Å². The Morgan fingerprint density at radius 2 is 1.83 bits per heavy atom. The zero-order valence-electron chi connectivity index (χ0n) is 13.9. The Bertz CT molecular complexity index is 686. The Balaban J connectivity index is 1.93. The highest BCUT2D eigenvalue weighted by atomic mass is 16.5. The summed E-state index contributed by atoms with van der Waals surface area (Å²) in [5.74, 6) is -0.769. The van der Waals surface area contributed by atoms with Crippen molar-refractivity contribution < 1.29 is 14.3 Å². The van der Waals surface area contributed by atoms with Crippen molar-refractivity contribution in [1.82, 2.24) is 5.32 Å². The molecule has 1 atom stereocenters. The van der Waals surface area contributed by atoms with Gasteiger partial charge >= 0.3 is 12.0 Å². The van der Waals surface area contributed by atoms with E-state index in [1.165, 1.54) is 7.11 Å². The molecule has 0 aliphatic rings. The van der Waals surface area contributed by atoms with Crippen molar-refractivity contribution in [2.45, 2.75) is 13.3 Å². The van der Waals surface area contributed by atoms with Crippen LogP contribution in [0.2, 0.25) is 0 Å². The Morgan fingerprint density at radius 1 is 1.08 bits per heavy atom. The van der Waals surface area contributed by atoms with E-state index in [2.05, 4.69) is 10.6 Å². The van der Waals surface area contributed by atoms with Gasteiger partial charge in [-0.2, -0.15) is 0 Å². The molecule has 126 valence electrons. The van der Waals surface area contributed by atoms with Gasteiger partial charge in [-0.25, -0.2) is 4.79 Å². The molecule has 2 aromatic carbocycles. The molecule has 2 amide bonds. The molecule has 0 saturated carbocycles. The number of amides is 2. The van der Waals surface area contributed by atoms with Crippen LogP contribution in [-0.4, -0.2) is 25.7 Å². The van der Waals surface area contributed by atoms with E-state index in [1.807, 2.05) is 49.4 Å². The minimum absolute atomic E-state index is 0.208. The van der Waals surface area contributed by atoms with Crippen LogP contribution < -0.4 is 10.6 Å². The standard InChI is InChI=1S/C19H22N2O3/c1-14-7-6-8-15(11-14)12-16(18(22)24-2)13-20-19(23)21-17-9-4-3-5-10-17/h3-11,16H,12-13H2,1-2H3,(H2,20,21,23). The molecule has 24 heavy (non-hydrogen) atoms. The van der Waals surface area contributed by atoms with Crippen LogP contribution in [0.15, 0.2) is 54.6 Å². The van der Waals surface area contributed by atoms with E-state index in [9.17, 15) is 9.59 Å². The van der Waals surface area contributed by atoms with Crippen LogP contribution in [0.5, 0.6) is 0 Å². The summed E-state index contributed by atoms with van der Waals surface area (Å²) < 4.78 is 4.85. The van der Waals surface area contributed by atoms with Gasteiger partial charge in [0.2, 0.25) is 0 Å². The van der Waals surface area contributed by atoms with Gasteiger partial charge in [0.15, 0.2) is 0 Å². The van der Waals surface area contributed by atoms with Crippen LogP contribution in [0, 0.1) is 12.8 Å². The Hall–Kier alpha value is -2.82. The molecule has 1 unspecified atom stereocenters. The number of para-hydroxylation sites is 1. The smallest absolute Gasteiger partial charge is 0.319 e. The number of hydrogen-bond acceptors (Lipinski definition) is 3. The van der Waals surface area contributed by atoms with E-state index < -0.39 is 5.92 Å². The molecule has 2 aromatic rings. The fraction of sp³-hybridized carbons (Fsp3) is 0.263. The van der Waals surface area contributed by atoms with Gasteiger partial charge in [-0.05, 0) is 31.0 Å². The second-order valence-corrected chi connectivity index (χ2v) is 5.61. The number of ether oxygens (including phenoxy) is 1. The average Bonchev–Trinajstić information content (AvgIpc) is 2.59. The summed E-state index contributed by atoms with van der Waals surface area (Å²) >= 11 is 0. The second kappa shape index (κ2) is 8.72. The lowest BCUT2D eigenvalue weighted by Crippen LogP contribution is -2.37. The van der Waals surface area contributed by atoms with E-state index in [0.29, 0.717) is 12.1 Å². The third kappa shape index (κ3) is 5.43. The third-order valence-electron chi connectivity index (χ3n) is 3.64. The number of methoxy groups -OCH3 is 1. The molecule has 2 rings (SSSR count). The van der Waals surface area contributed by atoms with E-state index in [-0.39, 0.29) is 18.5 Å². The molecule has 0 bridgehead atoms. The topological polar surface area (TPSA) is 67.4 Å². The second-order valence-electron chi connectivity index (χ2n) is 5.61. The molecule has 5 nitrogen and oxygen atoms in total. The molecule has 0 aliphatic heterocycles. The molecular formula is C19H22N2O3. The number of aryl methyl sites for hydroxylation is 1. The molecular weight excluding hydrogens is 304 g/mol. The van der Waals surface area contributed by atoms with Gasteiger partial charge in [0.25, 0.3) is 0 Å². The number of nitrogens with one attached hydrogen (secondary N) is 2. The number of carbonyl (C=O) groups excluding carboxylic acids is 2. The van der Waals surface area contributed by atoms with Crippen molar-refractivity contribution in [3.63, 3.8) is 0 Å². The molecule has 5 heteroatoms. The van der Waals surface area contributed by atoms with Crippen LogP contribution in [0.4, 0.5) is 10.5 Å². The van der Waals surface area contributed by atoms with Crippen LogP contribution in [0.3, 0.4) is 0 Å². The van der Waals surface area contributed by atoms with Crippen molar-refractivity contribution in [2.75, 3.05) is 19.0 Å². The fourth-order valence-corrected chi connectivity index (χ4v) is 2.44. The highest BCUT2D eigenvalue weighted by molar-refractivity contribution is 5.89. The number of anilines is 1. The lowest BCUT2D eigenvalue weighted by Gasteiger charge is -2.16. The van der Waals surface area contributed by atoms with Crippen molar-refractivity contribution in [3.8, 4) is 0 Å². The molecule has 0 radical (unpaired) electrons. The van der Waals surface area contributed by atoms with Crippen molar-refractivity contribution in [2.24, 2.45) is 5.92 Å². The van der Waals surface area contributed by atoms with E-state index in [0.717, 1.165) is 11.1 Å². The maximum Gasteiger partial charge on any atom is 0.319 e. The summed E-state index contributed by atoms with van der Waals surface area (Å²) in [6.07, 6.45) is 0.514. The van der Waals surface area contributed by atoms with Crippen molar-refractivity contribution in [3.05, 3.63) is 65.7 Å². The fourth-order valence-electron chi connectivity index (χ4n) is 2.44. The molecule has 0 aliphatic carbocycles. The van der Waals surface area contributed by atoms with Gasteiger partial charge in [0, 0.05) is 12.2 Å². The zero-order chi connectivity index (χ0) is 17.4. The van der Waals surface area contributed by atoms with Gasteiger partial charge in [-0.3, -0.25) is 4.79 Å². The Kier molecular flexibility index (Phi) is 6.37. The Morgan fingerprint density at radius 3 is 2.50 bits per heavy atom. The monoisotopic (exact) mass is 326 g/mol. The van der Waals surface area contributed by atoms with Gasteiger partial charge in [-0.1, -0.05) is 48.0 Å². The molecule has 0 aromatic heterocycles. The van der Waals surface area contributed by atoms with Gasteiger partial charge in [-0.15, -0.1) is 0 Å². The first-order chi connectivity index (χ1) is 11.6. The lowest BCUT2D eigenvalue weighted by molar-refractivity contribution is -0.145. The normalized spacial score (nSPS) is 11.4. The minimum atomic E-state index is -0.432. The third-order valence-corrected chi connectivity index (χ3v) is 3.64. The molecule has 0 saturated heterocycles. The summed E-state index contributed by atoms with van der Waals surface area (Å²) in [7, 11) is 1.36. The predicted octanol–water partition coefficient (Wildman–Crippen LogP) is 3.15. The lowest BCUT2D eigenvalue weighted by atomic mass is 9.98. The number of benzene rings is 2. The molecule has 2 N–H and O–H groups in total. The quantitative estimate of drug-likeness (QED) is 0.801. The highest BCUT2D eigenvalue weighted by Crippen LogP contribution is 2.12. The van der Waals surface area contributed by atoms with Crippen LogP contribution in [0.25, 0.3) is 0 Å². The summed E-state index contributed by atoms with van der Waals surface area (Å²) in [4.78, 5) is 23.9. The summed E-state index contributed by atoms with van der Waals surface area (Å²) in [5.41, 5.74) is 2.87. The Labute approximate surface area is 142 Å². The first-order valence-corrected chi connectivity index (χ1v) is 7.81. The van der Waals surface area contributed by atoms with Crippen molar-refractivity contribution >= 4 is 17.7 Å². The van der Waals surface area contributed by atoms with E-state index >= 15 is 0 Å². The van der Waals surface area contributed by atoms with E-state index in [1.54, 1.807) is 12.1 Å². The summed E-state index contributed by atoms with van der Waals surface area (Å²) in [6, 6.07) is 16.7. The maximum atomic E-state index is 12.0. The highest BCUT2D eigenvalue weighted by Gasteiger charge is 2.20. The number of rotatable bonds is 6. The van der Waals surface area contributed by atoms with Gasteiger partial charge in [0.1, 0.15) is 0 Å². The number of urea groups is 1.